The Morgan fingerprint density at radius 2 is 1.56 bits per heavy atom. The van der Waals surface area contributed by atoms with Gasteiger partial charge in [0.1, 0.15) is 5.78 Å². The summed E-state index contributed by atoms with van der Waals surface area (Å²) in [5, 5.41) is 11.0. The fourth-order valence-corrected chi connectivity index (χ4v) is 12.5. The van der Waals surface area contributed by atoms with Crippen LogP contribution in [0.25, 0.3) is 0 Å². The third kappa shape index (κ3) is 3.37. The highest BCUT2D eigenvalue weighted by molar-refractivity contribution is 6.39. The van der Waals surface area contributed by atoms with Crippen molar-refractivity contribution in [1.82, 2.24) is 4.90 Å². The van der Waals surface area contributed by atoms with Crippen molar-refractivity contribution >= 4 is 17.5 Å². The van der Waals surface area contributed by atoms with Crippen LogP contribution in [0.1, 0.15) is 113 Å². The van der Waals surface area contributed by atoms with Gasteiger partial charge in [0.25, 0.3) is 5.91 Å². The van der Waals surface area contributed by atoms with Gasteiger partial charge in [0.2, 0.25) is 5.78 Å². The molecule has 0 aromatic heterocycles. The maximum Gasteiger partial charge on any atom is 0.290 e. The number of hydrogen-bond acceptors (Lipinski definition) is 4. The summed E-state index contributed by atoms with van der Waals surface area (Å²) in [5.41, 5.74) is -0.508. The van der Waals surface area contributed by atoms with E-state index < -0.39 is 5.41 Å². The first kappa shape index (κ1) is 27.9. The third-order valence-electron chi connectivity index (χ3n) is 14.8. The van der Waals surface area contributed by atoms with Gasteiger partial charge in [-0.2, -0.15) is 0 Å². The molecule has 6 aliphatic rings. The van der Waals surface area contributed by atoms with E-state index in [0.717, 1.165) is 51.4 Å². The Hall–Kier alpha value is -1.23. The number of aliphatic hydroxyl groups excluding tert-OH is 1. The first-order chi connectivity index (χ1) is 18.1. The van der Waals surface area contributed by atoms with Gasteiger partial charge in [-0.3, -0.25) is 14.4 Å². The zero-order valence-electron chi connectivity index (χ0n) is 25.6. The van der Waals surface area contributed by atoms with Crippen molar-refractivity contribution in [3.63, 3.8) is 0 Å². The Balaban J connectivity index is 1.40. The van der Waals surface area contributed by atoms with Gasteiger partial charge < -0.3 is 10.0 Å². The maximum atomic E-state index is 14.2. The summed E-state index contributed by atoms with van der Waals surface area (Å²) in [6, 6.07) is 0. The van der Waals surface area contributed by atoms with Crippen LogP contribution >= 0.6 is 0 Å². The number of carbonyl (C=O) groups excluding carboxylic acids is 3. The van der Waals surface area contributed by atoms with Gasteiger partial charge in [-0.05, 0) is 109 Å². The molecule has 0 bridgehead atoms. The predicted octanol–water partition coefficient (Wildman–Crippen LogP) is 6.07. The van der Waals surface area contributed by atoms with E-state index in [2.05, 4.69) is 48.5 Å². The standard InChI is InChI=1S/C34H53NO4/c1-20(2)26-22(36)19-34(28(38)29(39)35-17-8-18-35)16-15-32(6)21(27(26)34)9-10-24-31(5)13-12-25(37)30(3,4)23(31)11-14-33(24,32)7/h20-21,23-27,37H,8-19H2,1-7H3/t21-,23+,24-,25+,26?,27?,31+,32-,33-,34-/m1/s1. The van der Waals surface area contributed by atoms with Crippen molar-refractivity contribution < 1.29 is 19.5 Å². The molecule has 0 spiro atoms. The molecular weight excluding hydrogens is 486 g/mol. The molecular formula is C34H53NO4. The van der Waals surface area contributed by atoms with E-state index in [0.29, 0.717) is 37.3 Å². The smallest absolute Gasteiger partial charge is 0.290 e. The number of likely N-dealkylation sites (tertiary alicyclic amines) is 1. The minimum absolute atomic E-state index is 0.0191. The highest BCUT2D eigenvalue weighted by Gasteiger charge is 2.73. The number of fused-ring (bicyclic) bond motifs is 7. The largest absolute Gasteiger partial charge is 0.393 e. The summed E-state index contributed by atoms with van der Waals surface area (Å²) < 4.78 is 0. The molecule has 1 heterocycles. The Bertz CT molecular complexity index is 1080. The van der Waals surface area contributed by atoms with E-state index >= 15 is 0 Å². The predicted molar refractivity (Wildman–Crippen MR) is 152 cm³/mol. The molecule has 5 saturated carbocycles. The molecule has 5 aliphatic carbocycles. The molecule has 1 N–H and O–H groups in total. The Morgan fingerprint density at radius 1 is 0.872 bits per heavy atom. The van der Waals surface area contributed by atoms with E-state index in [1.807, 2.05) is 0 Å². The SMILES string of the molecule is CC(C)C1C(=O)C[C@]2(C(=O)C(=O)N3CCC3)CC[C@]3(C)[C@H](CC[C@@H]4[C@@]5(C)CC[C@H](O)C(C)(C)[C@@H]5CC[C@]43C)C12. The van der Waals surface area contributed by atoms with Crippen LogP contribution in [0.3, 0.4) is 0 Å². The van der Waals surface area contributed by atoms with E-state index in [1.54, 1.807) is 4.90 Å². The summed E-state index contributed by atoms with van der Waals surface area (Å²) in [4.78, 5) is 43.0. The number of nitrogens with zero attached hydrogens (tertiary/aromatic N) is 1. The number of aliphatic hydroxyl groups is 1. The molecule has 0 radical (unpaired) electrons. The fourth-order valence-electron chi connectivity index (χ4n) is 12.5. The van der Waals surface area contributed by atoms with Crippen LogP contribution in [0.4, 0.5) is 0 Å². The van der Waals surface area contributed by atoms with E-state index in [9.17, 15) is 19.5 Å². The van der Waals surface area contributed by atoms with Crippen molar-refractivity contribution in [2.75, 3.05) is 13.1 Å². The van der Waals surface area contributed by atoms with E-state index in [1.165, 1.54) is 0 Å². The molecule has 5 heteroatoms. The lowest BCUT2D eigenvalue weighted by Crippen LogP contribution is -2.67. The van der Waals surface area contributed by atoms with Crippen molar-refractivity contribution in [1.29, 1.82) is 0 Å². The lowest BCUT2D eigenvalue weighted by molar-refractivity contribution is -0.247. The second-order valence-corrected chi connectivity index (χ2v) is 16.6. The number of hydrogen-bond donors (Lipinski definition) is 1. The summed E-state index contributed by atoms with van der Waals surface area (Å²) in [6.07, 6.45) is 9.10. The third-order valence-corrected chi connectivity index (χ3v) is 14.8. The van der Waals surface area contributed by atoms with Crippen LogP contribution in [-0.2, 0) is 14.4 Å². The monoisotopic (exact) mass is 539 g/mol. The molecule has 1 saturated heterocycles. The van der Waals surface area contributed by atoms with Crippen molar-refractivity contribution in [2.24, 2.45) is 62.6 Å². The highest BCUT2D eigenvalue weighted by atomic mass is 16.3. The van der Waals surface area contributed by atoms with Crippen molar-refractivity contribution in [3.8, 4) is 0 Å². The van der Waals surface area contributed by atoms with Crippen LogP contribution in [0.15, 0.2) is 0 Å². The lowest BCUT2D eigenvalue weighted by atomic mass is 9.32. The van der Waals surface area contributed by atoms with Gasteiger partial charge in [0.15, 0.2) is 0 Å². The average Bonchev–Trinajstić information content (AvgIpc) is 3.13. The van der Waals surface area contributed by atoms with E-state index in [-0.39, 0.29) is 69.4 Å². The molecule has 6 rings (SSSR count). The van der Waals surface area contributed by atoms with Gasteiger partial charge in [0.05, 0.1) is 6.10 Å². The highest BCUT2D eigenvalue weighted by Crippen LogP contribution is 2.77. The normalized spacial score (nSPS) is 50.4. The minimum Gasteiger partial charge on any atom is -0.393 e. The van der Waals surface area contributed by atoms with Crippen LogP contribution in [0, 0.1) is 62.6 Å². The molecule has 1 amide bonds. The Morgan fingerprint density at radius 3 is 2.18 bits per heavy atom. The molecule has 5 nitrogen and oxygen atoms in total. The molecule has 2 unspecified atom stereocenters. The van der Waals surface area contributed by atoms with E-state index in [4.69, 9.17) is 0 Å². The van der Waals surface area contributed by atoms with Gasteiger partial charge in [-0.15, -0.1) is 0 Å². The van der Waals surface area contributed by atoms with Crippen LogP contribution < -0.4 is 0 Å². The van der Waals surface area contributed by atoms with Crippen molar-refractivity contribution in [3.05, 3.63) is 0 Å². The fraction of sp³-hybridized carbons (Fsp3) is 0.912. The number of amides is 1. The Kier molecular flexibility index (Phi) is 6.19. The second kappa shape index (κ2) is 8.65. The van der Waals surface area contributed by atoms with Gasteiger partial charge in [0, 0.05) is 30.8 Å². The van der Waals surface area contributed by atoms with Crippen molar-refractivity contribution in [2.45, 2.75) is 119 Å². The average molecular weight is 540 g/mol. The molecule has 6 fully saturated rings. The summed E-state index contributed by atoms with van der Waals surface area (Å²) in [7, 11) is 0. The zero-order chi connectivity index (χ0) is 28.3. The number of rotatable bonds is 3. The van der Waals surface area contributed by atoms with Gasteiger partial charge >= 0.3 is 0 Å². The number of carbonyl (C=O) groups is 3. The summed E-state index contributed by atoms with van der Waals surface area (Å²) in [6.45, 7) is 17.9. The number of ketones is 2. The maximum absolute atomic E-state index is 14.2. The topological polar surface area (TPSA) is 74.7 Å². The van der Waals surface area contributed by atoms with Gasteiger partial charge in [-0.25, -0.2) is 0 Å². The molecule has 0 aromatic carbocycles. The van der Waals surface area contributed by atoms with Crippen LogP contribution in [-0.4, -0.2) is 46.7 Å². The van der Waals surface area contributed by atoms with Gasteiger partial charge in [-0.1, -0.05) is 48.5 Å². The molecule has 39 heavy (non-hydrogen) atoms. The second-order valence-electron chi connectivity index (χ2n) is 16.6. The van der Waals surface area contributed by atoms with Crippen LogP contribution in [0.5, 0.6) is 0 Å². The molecule has 0 aromatic rings. The first-order valence-corrected chi connectivity index (χ1v) is 16.2. The summed E-state index contributed by atoms with van der Waals surface area (Å²) in [5.74, 6) is 1.10. The summed E-state index contributed by atoms with van der Waals surface area (Å²) >= 11 is 0. The minimum atomic E-state index is -0.801. The molecule has 1 aliphatic heterocycles. The number of Topliss-reactive ketones (excluding diaryl/α,β-unsaturated/α-hetero) is 2. The molecule has 218 valence electrons. The lowest BCUT2D eigenvalue weighted by Gasteiger charge is -2.72. The Labute approximate surface area is 236 Å². The molecule has 10 atom stereocenters. The quantitative estimate of drug-likeness (QED) is 0.442. The zero-order valence-corrected chi connectivity index (χ0v) is 25.6. The van der Waals surface area contributed by atoms with Crippen LogP contribution in [0.2, 0.25) is 0 Å². The first-order valence-electron chi connectivity index (χ1n) is 16.2.